The molecule has 0 spiro atoms. The van der Waals surface area contributed by atoms with Gasteiger partial charge in [0.05, 0.1) is 0 Å². The molecule has 13 heavy (non-hydrogen) atoms. The van der Waals surface area contributed by atoms with Crippen LogP contribution in [0.3, 0.4) is 0 Å². The van der Waals surface area contributed by atoms with E-state index in [4.69, 9.17) is 0 Å². The van der Waals surface area contributed by atoms with Crippen LogP contribution in [-0.2, 0) is 6.42 Å². The van der Waals surface area contributed by atoms with Crippen molar-refractivity contribution in [3.05, 3.63) is 48.0 Å². The first-order valence-electron chi connectivity index (χ1n) is 5.04. The first-order chi connectivity index (χ1) is 6.43. The second-order valence-electron chi connectivity index (χ2n) is 3.21. The monoisotopic (exact) mass is 173 g/mol. The molecule has 0 aromatic heterocycles. The summed E-state index contributed by atoms with van der Waals surface area (Å²) in [7, 11) is 0. The third kappa shape index (κ3) is 4.51. The zero-order valence-electron chi connectivity index (χ0n) is 8.29. The Labute approximate surface area is 81.3 Å². The molecule has 0 N–H and O–H groups in total. The van der Waals surface area contributed by atoms with Crippen LogP contribution in [0.15, 0.2) is 36.4 Å². The smallest absolute Gasteiger partial charge is 0.00913 e. The van der Waals surface area contributed by atoms with Crippen molar-refractivity contribution in [2.24, 2.45) is 0 Å². The highest BCUT2D eigenvalue weighted by Crippen LogP contribution is 2.01. The molecule has 0 aliphatic carbocycles. The minimum atomic E-state index is 1.02. The molecule has 0 aliphatic rings. The van der Waals surface area contributed by atoms with E-state index in [0.717, 1.165) is 6.42 Å². The zero-order chi connectivity index (χ0) is 9.36. The summed E-state index contributed by atoms with van der Waals surface area (Å²) in [5.74, 6) is 0. The SMILES string of the molecule is CCCCC=CCc1[c]cccc1. The Balaban J connectivity index is 2.23. The summed E-state index contributed by atoms with van der Waals surface area (Å²) in [5, 5.41) is 0. The molecule has 0 nitrogen and oxygen atoms in total. The molecular formula is C13H17. The van der Waals surface area contributed by atoms with Gasteiger partial charge in [0, 0.05) is 0 Å². The van der Waals surface area contributed by atoms with E-state index >= 15 is 0 Å². The van der Waals surface area contributed by atoms with Crippen molar-refractivity contribution >= 4 is 0 Å². The van der Waals surface area contributed by atoms with Gasteiger partial charge in [0.1, 0.15) is 0 Å². The molecule has 0 atom stereocenters. The summed E-state index contributed by atoms with van der Waals surface area (Å²) in [6.07, 6.45) is 9.32. The van der Waals surface area contributed by atoms with Crippen molar-refractivity contribution in [2.45, 2.75) is 32.6 Å². The Morgan fingerprint density at radius 3 is 2.92 bits per heavy atom. The largest absolute Gasteiger partial charge is 0.0882 e. The van der Waals surface area contributed by atoms with E-state index in [1.807, 2.05) is 12.1 Å². The molecule has 69 valence electrons. The van der Waals surface area contributed by atoms with Crippen LogP contribution in [-0.4, -0.2) is 0 Å². The first-order valence-corrected chi connectivity index (χ1v) is 5.04. The van der Waals surface area contributed by atoms with Crippen molar-refractivity contribution in [1.29, 1.82) is 0 Å². The minimum absolute atomic E-state index is 1.02. The molecule has 0 heteroatoms. The van der Waals surface area contributed by atoms with Crippen molar-refractivity contribution < 1.29 is 0 Å². The first kappa shape index (κ1) is 10.0. The van der Waals surface area contributed by atoms with Crippen LogP contribution >= 0.6 is 0 Å². The molecular weight excluding hydrogens is 156 g/mol. The lowest BCUT2D eigenvalue weighted by molar-refractivity contribution is 0.813. The van der Waals surface area contributed by atoms with Gasteiger partial charge in [-0.2, -0.15) is 0 Å². The highest BCUT2D eigenvalue weighted by atomic mass is 13.9. The Bertz CT molecular complexity index is 233. The van der Waals surface area contributed by atoms with Crippen molar-refractivity contribution in [3.8, 4) is 0 Å². The van der Waals surface area contributed by atoms with Crippen LogP contribution in [0.5, 0.6) is 0 Å². The lowest BCUT2D eigenvalue weighted by Gasteiger charge is -1.93. The number of rotatable bonds is 5. The van der Waals surface area contributed by atoms with Crippen molar-refractivity contribution in [2.75, 3.05) is 0 Å². The predicted octanol–water partition coefficient (Wildman–Crippen LogP) is 3.78. The van der Waals surface area contributed by atoms with Gasteiger partial charge in [-0.1, -0.05) is 56.2 Å². The van der Waals surface area contributed by atoms with E-state index in [2.05, 4.69) is 37.3 Å². The molecule has 0 bridgehead atoms. The van der Waals surface area contributed by atoms with E-state index in [1.165, 1.54) is 24.8 Å². The van der Waals surface area contributed by atoms with Gasteiger partial charge >= 0.3 is 0 Å². The molecule has 0 aliphatic heterocycles. The maximum absolute atomic E-state index is 3.21. The quantitative estimate of drug-likeness (QED) is 0.469. The van der Waals surface area contributed by atoms with Crippen molar-refractivity contribution in [3.63, 3.8) is 0 Å². The Morgan fingerprint density at radius 2 is 2.23 bits per heavy atom. The number of allylic oxidation sites excluding steroid dienone is 2. The fourth-order valence-corrected chi connectivity index (χ4v) is 1.21. The van der Waals surface area contributed by atoms with Crippen LogP contribution in [0, 0.1) is 6.07 Å². The Hall–Kier alpha value is -1.04. The van der Waals surface area contributed by atoms with E-state index in [0.29, 0.717) is 0 Å². The fourth-order valence-electron chi connectivity index (χ4n) is 1.21. The van der Waals surface area contributed by atoms with Gasteiger partial charge in [0.25, 0.3) is 0 Å². The fraction of sp³-hybridized carbons (Fsp3) is 0.385. The molecule has 0 amide bonds. The number of hydrogen-bond acceptors (Lipinski definition) is 0. The van der Waals surface area contributed by atoms with Crippen LogP contribution in [0.4, 0.5) is 0 Å². The van der Waals surface area contributed by atoms with Gasteiger partial charge in [0.2, 0.25) is 0 Å². The van der Waals surface area contributed by atoms with Crippen LogP contribution in [0.1, 0.15) is 31.7 Å². The second-order valence-corrected chi connectivity index (χ2v) is 3.21. The van der Waals surface area contributed by atoms with Gasteiger partial charge in [0.15, 0.2) is 0 Å². The molecule has 1 rings (SSSR count). The standard InChI is InChI=1S/C13H17/c1-2-3-4-5-7-10-13-11-8-6-9-12-13/h5-9,11H,2-4,10H2,1H3. The van der Waals surface area contributed by atoms with Gasteiger partial charge in [-0.3, -0.25) is 0 Å². The maximum Gasteiger partial charge on any atom is -0.00913 e. The van der Waals surface area contributed by atoms with E-state index in [-0.39, 0.29) is 0 Å². The summed E-state index contributed by atoms with van der Waals surface area (Å²) in [6.45, 7) is 2.22. The lowest BCUT2D eigenvalue weighted by atomic mass is 10.1. The maximum atomic E-state index is 3.21. The van der Waals surface area contributed by atoms with Gasteiger partial charge < -0.3 is 0 Å². The predicted molar refractivity (Wildman–Crippen MR) is 57.6 cm³/mol. The number of hydrogen-bond donors (Lipinski definition) is 0. The second kappa shape index (κ2) is 6.47. The van der Waals surface area contributed by atoms with E-state index in [1.54, 1.807) is 0 Å². The van der Waals surface area contributed by atoms with Crippen LogP contribution in [0.25, 0.3) is 0 Å². The van der Waals surface area contributed by atoms with Gasteiger partial charge in [-0.05, 0) is 24.5 Å². The third-order valence-corrected chi connectivity index (χ3v) is 2.00. The van der Waals surface area contributed by atoms with Crippen LogP contribution < -0.4 is 0 Å². The lowest BCUT2D eigenvalue weighted by Crippen LogP contribution is -1.78. The normalized spacial score (nSPS) is 10.8. The highest BCUT2D eigenvalue weighted by molar-refractivity contribution is 5.15. The van der Waals surface area contributed by atoms with Gasteiger partial charge in [-0.15, -0.1) is 0 Å². The highest BCUT2D eigenvalue weighted by Gasteiger charge is 1.85. The summed E-state index contributed by atoms with van der Waals surface area (Å²) < 4.78 is 0. The van der Waals surface area contributed by atoms with Crippen molar-refractivity contribution in [1.82, 2.24) is 0 Å². The number of benzene rings is 1. The summed E-state index contributed by atoms with van der Waals surface area (Å²) in [5.41, 5.74) is 1.27. The topological polar surface area (TPSA) is 0 Å². The Morgan fingerprint density at radius 1 is 1.31 bits per heavy atom. The minimum Gasteiger partial charge on any atom is -0.0882 e. The third-order valence-electron chi connectivity index (χ3n) is 2.00. The van der Waals surface area contributed by atoms with Gasteiger partial charge in [-0.25, -0.2) is 0 Å². The molecule has 0 fully saturated rings. The Kier molecular flexibility index (Phi) is 5.00. The summed E-state index contributed by atoms with van der Waals surface area (Å²) in [6, 6.07) is 11.4. The van der Waals surface area contributed by atoms with E-state index < -0.39 is 0 Å². The number of unbranched alkanes of at least 4 members (excludes halogenated alkanes) is 2. The van der Waals surface area contributed by atoms with Crippen LogP contribution in [0.2, 0.25) is 0 Å². The summed E-state index contributed by atoms with van der Waals surface area (Å²) in [4.78, 5) is 0. The molecule has 1 aromatic carbocycles. The molecule has 0 saturated carbocycles. The molecule has 0 heterocycles. The average molecular weight is 173 g/mol. The molecule has 0 saturated heterocycles. The zero-order valence-corrected chi connectivity index (χ0v) is 8.29. The molecule has 1 radical (unpaired) electrons. The molecule has 0 unspecified atom stereocenters. The average Bonchev–Trinajstić information content (AvgIpc) is 2.19. The molecule has 1 aromatic rings. The van der Waals surface area contributed by atoms with E-state index in [9.17, 15) is 0 Å². The summed E-state index contributed by atoms with van der Waals surface area (Å²) >= 11 is 0.